The van der Waals surface area contributed by atoms with Crippen molar-refractivity contribution < 1.29 is 19.1 Å². The van der Waals surface area contributed by atoms with Crippen molar-refractivity contribution in [3.05, 3.63) is 48.0 Å². The molecule has 0 unspecified atom stereocenters. The molecule has 9 heteroatoms. The predicted molar refractivity (Wildman–Crippen MR) is 116 cm³/mol. The fourth-order valence-electron chi connectivity index (χ4n) is 2.64. The van der Waals surface area contributed by atoms with Gasteiger partial charge in [0.1, 0.15) is 47.3 Å². The van der Waals surface area contributed by atoms with Crippen LogP contribution in [0.1, 0.15) is 24.5 Å². The molecule has 0 aliphatic heterocycles. The number of nitriles is 2. The molecule has 1 heterocycles. The number of esters is 1. The first-order valence-corrected chi connectivity index (χ1v) is 10.2. The van der Waals surface area contributed by atoms with Gasteiger partial charge in [-0.1, -0.05) is 36.5 Å². The number of Topliss-reactive ketones (excluding diaryl/α,β-unsaturated/α-hetero) is 1. The summed E-state index contributed by atoms with van der Waals surface area (Å²) in [4.78, 5) is 27.7. The number of benzene rings is 1. The zero-order chi connectivity index (χ0) is 22.8. The van der Waals surface area contributed by atoms with E-state index in [-0.39, 0.29) is 46.5 Å². The third kappa shape index (κ3) is 6.08. The Labute approximate surface area is 184 Å². The summed E-state index contributed by atoms with van der Waals surface area (Å²) in [5, 5.41) is 19.6. The van der Waals surface area contributed by atoms with Crippen LogP contribution in [0, 0.1) is 22.7 Å². The van der Waals surface area contributed by atoms with Gasteiger partial charge in [-0.2, -0.15) is 10.5 Å². The number of anilines is 1. The number of ketones is 1. The topological polar surface area (TPSA) is 139 Å². The lowest BCUT2D eigenvalue weighted by atomic mass is 9.97. The number of nitrogen functional groups attached to an aromatic ring is 1. The number of nitrogens with zero attached hydrogens (tertiary/aromatic N) is 3. The molecular formula is C22H20N4O4S. The third-order valence-corrected chi connectivity index (χ3v) is 4.98. The van der Waals surface area contributed by atoms with Crippen LogP contribution in [0.5, 0.6) is 5.75 Å². The molecule has 8 nitrogen and oxygen atoms in total. The number of nitrogens with two attached hydrogens (primary N) is 1. The van der Waals surface area contributed by atoms with Gasteiger partial charge in [-0.15, -0.1) is 0 Å². The Morgan fingerprint density at radius 2 is 1.90 bits per heavy atom. The highest BCUT2D eigenvalue weighted by Crippen LogP contribution is 2.36. The van der Waals surface area contributed by atoms with Crippen LogP contribution in [0.25, 0.3) is 11.1 Å². The van der Waals surface area contributed by atoms with Gasteiger partial charge in [-0.05, 0) is 24.6 Å². The number of rotatable bonds is 10. The van der Waals surface area contributed by atoms with E-state index in [9.17, 15) is 20.1 Å². The van der Waals surface area contributed by atoms with Gasteiger partial charge in [-0.3, -0.25) is 9.59 Å². The van der Waals surface area contributed by atoms with Crippen LogP contribution in [-0.4, -0.2) is 35.7 Å². The maximum atomic E-state index is 12.1. The fraction of sp³-hybridized carbons (Fsp3) is 0.227. The van der Waals surface area contributed by atoms with Crippen LogP contribution in [0.3, 0.4) is 0 Å². The summed E-state index contributed by atoms with van der Waals surface area (Å²) >= 11 is 0.980. The molecule has 0 aliphatic carbocycles. The normalized spacial score (nSPS) is 9.90. The van der Waals surface area contributed by atoms with Gasteiger partial charge in [-0.25, -0.2) is 4.98 Å². The van der Waals surface area contributed by atoms with Gasteiger partial charge < -0.3 is 15.2 Å². The molecule has 2 rings (SSSR count). The average molecular weight is 436 g/mol. The van der Waals surface area contributed by atoms with Crippen molar-refractivity contribution in [3.8, 4) is 29.0 Å². The average Bonchev–Trinajstić information content (AvgIpc) is 2.76. The second kappa shape index (κ2) is 11.4. The minimum absolute atomic E-state index is 0.0520. The van der Waals surface area contributed by atoms with Crippen LogP contribution < -0.4 is 10.5 Å². The van der Waals surface area contributed by atoms with E-state index in [1.165, 1.54) is 0 Å². The van der Waals surface area contributed by atoms with E-state index in [1.54, 1.807) is 37.3 Å². The molecule has 31 heavy (non-hydrogen) atoms. The number of hydrogen-bond donors (Lipinski definition) is 1. The van der Waals surface area contributed by atoms with Crippen molar-refractivity contribution >= 4 is 29.3 Å². The van der Waals surface area contributed by atoms with Gasteiger partial charge >= 0.3 is 5.97 Å². The molecule has 2 aromatic rings. The Bertz CT molecular complexity index is 1070. The Balaban J connectivity index is 2.38. The summed E-state index contributed by atoms with van der Waals surface area (Å²) in [7, 11) is 0. The SMILES string of the molecule is C=CCOc1ccc(-c2c(C#N)c(N)nc(SCC(=O)CC(=O)OCC)c2C#N)cc1. The number of ether oxygens (including phenoxy) is 2. The van der Waals surface area contributed by atoms with Gasteiger partial charge in [0.2, 0.25) is 0 Å². The Hall–Kier alpha value is -3.82. The van der Waals surface area contributed by atoms with Gasteiger partial charge in [0.05, 0.1) is 17.9 Å². The molecule has 2 N–H and O–H groups in total. The molecule has 0 aliphatic rings. The molecule has 0 bridgehead atoms. The summed E-state index contributed by atoms with van der Waals surface area (Å²) in [5.41, 5.74) is 7.06. The van der Waals surface area contributed by atoms with Crippen molar-refractivity contribution in [2.75, 3.05) is 24.7 Å². The minimum atomic E-state index is -0.611. The molecule has 0 amide bonds. The lowest BCUT2D eigenvalue weighted by Gasteiger charge is -2.13. The van der Waals surface area contributed by atoms with Crippen molar-refractivity contribution in [2.45, 2.75) is 18.4 Å². The first-order chi connectivity index (χ1) is 14.9. The number of hydrogen-bond acceptors (Lipinski definition) is 9. The van der Waals surface area contributed by atoms with Crippen LogP contribution >= 0.6 is 11.8 Å². The molecular weight excluding hydrogens is 416 g/mol. The quantitative estimate of drug-likeness (QED) is 0.257. The highest BCUT2D eigenvalue weighted by atomic mass is 32.2. The van der Waals surface area contributed by atoms with Crippen molar-refractivity contribution in [3.63, 3.8) is 0 Å². The molecule has 0 fully saturated rings. The van der Waals surface area contributed by atoms with Crippen LogP contribution in [0.2, 0.25) is 0 Å². The van der Waals surface area contributed by atoms with E-state index in [2.05, 4.69) is 17.6 Å². The van der Waals surface area contributed by atoms with Crippen molar-refractivity contribution in [1.82, 2.24) is 4.98 Å². The number of carbonyl (C=O) groups excluding carboxylic acids is 2. The molecule has 0 saturated heterocycles. The molecule has 1 aromatic heterocycles. The zero-order valence-electron chi connectivity index (χ0n) is 16.9. The minimum Gasteiger partial charge on any atom is -0.490 e. The lowest BCUT2D eigenvalue weighted by Crippen LogP contribution is -2.13. The Morgan fingerprint density at radius 1 is 1.23 bits per heavy atom. The largest absolute Gasteiger partial charge is 0.490 e. The van der Waals surface area contributed by atoms with E-state index < -0.39 is 5.97 Å². The maximum absolute atomic E-state index is 12.1. The van der Waals surface area contributed by atoms with E-state index in [1.807, 2.05) is 6.07 Å². The third-order valence-electron chi connectivity index (χ3n) is 3.94. The fourth-order valence-corrected chi connectivity index (χ4v) is 3.49. The van der Waals surface area contributed by atoms with Gasteiger partial charge in [0, 0.05) is 5.56 Å². The zero-order valence-corrected chi connectivity index (χ0v) is 17.7. The molecule has 0 saturated carbocycles. The van der Waals surface area contributed by atoms with Crippen LogP contribution in [0.4, 0.5) is 5.82 Å². The molecule has 1 aromatic carbocycles. The summed E-state index contributed by atoms with van der Waals surface area (Å²) < 4.78 is 10.2. The van der Waals surface area contributed by atoms with Gasteiger partial charge in [0.15, 0.2) is 5.78 Å². The van der Waals surface area contributed by atoms with E-state index in [4.69, 9.17) is 15.2 Å². The maximum Gasteiger partial charge on any atom is 0.313 e. The van der Waals surface area contributed by atoms with Crippen LogP contribution in [0.15, 0.2) is 41.9 Å². The van der Waals surface area contributed by atoms with Gasteiger partial charge in [0.25, 0.3) is 0 Å². The van der Waals surface area contributed by atoms with E-state index in [0.717, 1.165) is 11.8 Å². The first-order valence-electron chi connectivity index (χ1n) is 9.23. The summed E-state index contributed by atoms with van der Waals surface area (Å²) in [6.07, 6.45) is 1.25. The van der Waals surface area contributed by atoms with E-state index in [0.29, 0.717) is 23.5 Å². The standard InChI is InChI=1S/C22H20N4O4S/c1-3-9-30-16-7-5-14(6-8-16)20-17(11-23)21(25)26-22(18(20)12-24)31-13-15(27)10-19(28)29-4-2/h3,5-8H,1,4,9-10,13H2,2H3,(H2,25,26). The Morgan fingerprint density at radius 3 is 2.48 bits per heavy atom. The molecule has 0 atom stereocenters. The molecule has 0 radical (unpaired) electrons. The predicted octanol–water partition coefficient (Wildman–Crippen LogP) is 3.25. The highest BCUT2D eigenvalue weighted by molar-refractivity contribution is 8.00. The summed E-state index contributed by atoms with van der Waals surface area (Å²) in [5.74, 6) is -0.534. The van der Waals surface area contributed by atoms with Crippen LogP contribution in [-0.2, 0) is 14.3 Å². The smallest absolute Gasteiger partial charge is 0.313 e. The monoisotopic (exact) mass is 436 g/mol. The number of carbonyl (C=O) groups is 2. The van der Waals surface area contributed by atoms with Crippen molar-refractivity contribution in [1.29, 1.82) is 10.5 Å². The molecule has 0 spiro atoms. The molecule has 158 valence electrons. The summed E-state index contributed by atoms with van der Waals surface area (Å²) in [6, 6.07) is 10.9. The number of thioether (sulfide) groups is 1. The second-order valence-corrected chi connectivity index (χ2v) is 7.05. The number of aromatic nitrogens is 1. The lowest BCUT2D eigenvalue weighted by molar-refractivity contribution is -0.145. The van der Waals surface area contributed by atoms with E-state index >= 15 is 0 Å². The number of pyridine rings is 1. The second-order valence-electron chi connectivity index (χ2n) is 6.08. The summed E-state index contributed by atoms with van der Waals surface area (Å²) in [6.45, 7) is 5.77. The van der Waals surface area contributed by atoms with Crippen molar-refractivity contribution in [2.24, 2.45) is 0 Å². The first kappa shape index (κ1) is 23.5. The Kier molecular flexibility index (Phi) is 8.62. The highest BCUT2D eigenvalue weighted by Gasteiger charge is 2.21.